The molecule has 4 aliphatic heterocycles. The second kappa shape index (κ2) is 2.02. The van der Waals surface area contributed by atoms with Gasteiger partial charge in [0.25, 0.3) is 0 Å². The van der Waals surface area contributed by atoms with Crippen molar-refractivity contribution in [3.05, 3.63) is 0 Å². The van der Waals surface area contributed by atoms with Crippen LogP contribution in [0.5, 0.6) is 0 Å². The van der Waals surface area contributed by atoms with Crippen molar-refractivity contribution in [3.63, 3.8) is 0 Å². The molecule has 0 amide bonds. The van der Waals surface area contributed by atoms with Gasteiger partial charge in [0.15, 0.2) is 25.2 Å². The second-order valence-corrected chi connectivity index (χ2v) is 5.12. The van der Waals surface area contributed by atoms with E-state index in [9.17, 15) is 0 Å². The minimum absolute atomic E-state index is 0.0417. The first-order valence-electron chi connectivity index (χ1n) is 5.52. The SMILES string of the molecule is C1[C@H]2O[C@@H]3O[C@@H]4O[C@H](O2)[C@@H]2[C@@H]4C[C@@H]3[C@@H]12. The molecule has 4 heteroatoms. The van der Waals surface area contributed by atoms with Crippen LogP contribution in [0.1, 0.15) is 12.8 Å². The van der Waals surface area contributed by atoms with Gasteiger partial charge in [-0.1, -0.05) is 0 Å². The van der Waals surface area contributed by atoms with Gasteiger partial charge in [0.2, 0.25) is 0 Å². The third-order valence-corrected chi connectivity index (χ3v) is 4.67. The standard InChI is InChI=1S/C10H12O4/c1-4-3-2-6-11-8(4)13-9-5(1)7(3)10(12-6)14-9/h3-10H,1-2H2/t3-,4-,5+,6+,7+,8-,9-,10+/m1/s1. The lowest BCUT2D eigenvalue weighted by atomic mass is 9.82. The molecular formula is C10H12O4. The van der Waals surface area contributed by atoms with Crippen LogP contribution < -0.4 is 0 Å². The zero-order valence-electron chi connectivity index (χ0n) is 7.67. The maximum Gasteiger partial charge on any atom is 0.167 e. The van der Waals surface area contributed by atoms with E-state index in [0.29, 0.717) is 17.8 Å². The Kier molecular flexibility index (Phi) is 1.04. The van der Waals surface area contributed by atoms with Crippen LogP contribution in [0.15, 0.2) is 0 Å². The Labute approximate surface area is 81.4 Å². The molecule has 4 nitrogen and oxygen atoms in total. The highest BCUT2D eigenvalue weighted by Gasteiger charge is 2.67. The van der Waals surface area contributed by atoms with Crippen LogP contribution >= 0.6 is 0 Å². The molecule has 0 unspecified atom stereocenters. The normalized spacial score (nSPS) is 72.0. The predicted octanol–water partition coefficient (Wildman–Crippen LogP) is 0.670. The zero-order chi connectivity index (χ0) is 8.86. The van der Waals surface area contributed by atoms with Crippen molar-refractivity contribution in [2.45, 2.75) is 38.0 Å². The van der Waals surface area contributed by atoms with E-state index in [0.717, 1.165) is 12.3 Å². The highest BCUT2D eigenvalue weighted by atomic mass is 16.9. The van der Waals surface area contributed by atoms with Crippen molar-refractivity contribution in [3.8, 4) is 0 Å². The van der Waals surface area contributed by atoms with Crippen LogP contribution in [-0.2, 0) is 18.9 Å². The minimum Gasteiger partial charge on any atom is -0.323 e. The molecule has 1 aliphatic carbocycles. The van der Waals surface area contributed by atoms with Crippen molar-refractivity contribution >= 4 is 0 Å². The molecule has 0 radical (unpaired) electrons. The molecule has 4 heterocycles. The summed E-state index contributed by atoms with van der Waals surface area (Å²) in [7, 11) is 0. The van der Waals surface area contributed by atoms with E-state index in [-0.39, 0.29) is 25.2 Å². The first-order chi connectivity index (χ1) is 6.90. The van der Waals surface area contributed by atoms with Crippen molar-refractivity contribution in [1.82, 2.24) is 0 Å². The topological polar surface area (TPSA) is 36.9 Å². The summed E-state index contributed by atoms with van der Waals surface area (Å²) in [4.78, 5) is 0. The summed E-state index contributed by atoms with van der Waals surface area (Å²) in [5, 5.41) is 0. The average molecular weight is 196 g/mol. The summed E-state index contributed by atoms with van der Waals surface area (Å²) in [5.41, 5.74) is 0. The molecule has 5 fully saturated rings. The van der Waals surface area contributed by atoms with E-state index in [2.05, 4.69) is 0 Å². The van der Waals surface area contributed by atoms with Crippen LogP contribution in [0.2, 0.25) is 0 Å². The lowest BCUT2D eigenvalue weighted by Gasteiger charge is -2.47. The Morgan fingerprint density at radius 1 is 0.643 bits per heavy atom. The summed E-state index contributed by atoms with van der Waals surface area (Å²) < 4.78 is 23.1. The Morgan fingerprint density at radius 2 is 1.43 bits per heavy atom. The third-order valence-electron chi connectivity index (χ3n) is 4.67. The van der Waals surface area contributed by atoms with Gasteiger partial charge in [0.05, 0.1) is 0 Å². The van der Waals surface area contributed by atoms with E-state index in [1.54, 1.807) is 0 Å². The lowest BCUT2D eigenvalue weighted by molar-refractivity contribution is -0.421. The van der Waals surface area contributed by atoms with Crippen molar-refractivity contribution < 1.29 is 18.9 Å². The number of hydrogen-bond donors (Lipinski definition) is 0. The third kappa shape index (κ3) is 0.608. The first-order valence-corrected chi connectivity index (χ1v) is 5.52. The van der Waals surface area contributed by atoms with E-state index >= 15 is 0 Å². The van der Waals surface area contributed by atoms with Gasteiger partial charge in [0, 0.05) is 24.2 Å². The Bertz CT molecular complexity index is 298. The largest absolute Gasteiger partial charge is 0.323 e. The maximum atomic E-state index is 5.81. The molecular weight excluding hydrogens is 184 g/mol. The molecule has 14 heavy (non-hydrogen) atoms. The molecule has 5 rings (SSSR count). The van der Waals surface area contributed by atoms with Gasteiger partial charge in [0.1, 0.15) is 0 Å². The monoisotopic (exact) mass is 196 g/mol. The maximum absolute atomic E-state index is 5.81. The van der Waals surface area contributed by atoms with Crippen LogP contribution in [0.25, 0.3) is 0 Å². The van der Waals surface area contributed by atoms with E-state index in [1.165, 1.54) is 6.42 Å². The van der Waals surface area contributed by atoms with Crippen LogP contribution in [0.3, 0.4) is 0 Å². The van der Waals surface area contributed by atoms with Crippen LogP contribution in [0, 0.1) is 23.7 Å². The van der Waals surface area contributed by atoms with Gasteiger partial charge in [-0.15, -0.1) is 0 Å². The van der Waals surface area contributed by atoms with Crippen molar-refractivity contribution in [2.75, 3.05) is 0 Å². The summed E-state index contributed by atoms with van der Waals surface area (Å²) >= 11 is 0. The van der Waals surface area contributed by atoms with Crippen LogP contribution in [-0.4, -0.2) is 25.2 Å². The Balaban J connectivity index is 1.74. The predicted molar refractivity (Wildman–Crippen MR) is 42.7 cm³/mol. The lowest BCUT2D eigenvalue weighted by Crippen LogP contribution is -2.52. The van der Waals surface area contributed by atoms with Gasteiger partial charge < -0.3 is 18.9 Å². The average Bonchev–Trinajstić information content (AvgIpc) is 2.69. The molecule has 0 aromatic rings. The van der Waals surface area contributed by atoms with Gasteiger partial charge in [-0.05, 0) is 12.3 Å². The van der Waals surface area contributed by atoms with E-state index in [4.69, 9.17) is 18.9 Å². The fourth-order valence-electron chi connectivity index (χ4n) is 4.20. The number of ether oxygens (including phenoxy) is 4. The molecule has 76 valence electrons. The molecule has 4 bridgehead atoms. The first kappa shape index (κ1) is 7.17. The molecule has 0 aromatic carbocycles. The summed E-state index contributed by atoms with van der Waals surface area (Å²) in [5.74, 6) is 2.52. The quantitative estimate of drug-likeness (QED) is 0.570. The molecule has 4 saturated heterocycles. The van der Waals surface area contributed by atoms with Crippen LogP contribution in [0.4, 0.5) is 0 Å². The molecule has 8 atom stereocenters. The van der Waals surface area contributed by atoms with E-state index in [1.807, 2.05) is 0 Å². The number of hydrogen-bond acceptors (Lipinski definition) is 4. The minimum atomic E-state index is -0.0692. The summed E-state index contributed by atoms with van der Waals surface area (Å²) in [6.07, 6.45) is 2.07. The van der Waals surface area contributed by atoms with Crippen molar-refractivity contribution in [2.24, 2.45) is 23.7 Å². The second-order valence-electron chi connectivity index (χ2n) is 5.12. The Hall–Kier alpha value is -0.160. The number of fused-ring (bicyclic) bond motifs is 1. The summed E-state index contributed by atoms with van der Waals surface area (Å²) in [6.45, 7) is 0. The fraction of sp³-hybridized carbons (Fsp3) is 1.00. The van der Waals surface area contributed by atoms with Gasteiger partial charge in [-0.3, -0.25) is 0 Å². The molecule has 0 N–H and O–H groups in total. The number of rotatable bonds is 0. The smallest absolute Gasteiger partial charge is 0.167 e. The zero-order valence-corrected chi connectivity index (χ0v) is 7.67. The highest BCUT2D eigenvalue weighted by Crippen LogP contribution is 2.62. The van der Waals surface area contributed by atoms with Gasteiger partial charge >= 0.3 is 0 Å². The molecule has 1 saturated carbocycles. The Morgan fingerprint density at radius 3 is 2.43 bits per heavy atom. The molecule has 0 aromatic heterocycles. The summed E-state index contributed by atoms with van der Waals surface area (Å²) in [6, 6.07) is 0. The fourth-order valence-corrected chi connectivity index (χ4v) is 4.20. The van der Waals surface area contributed by atoms with Gasteiger partial charge in [-0.2, -0.15) is 0 Å². The van der Waals surface area contributed by atoms with E-state index < -0.39 is 0 Å². The molecule has 0 spiro atoms. The van der Waals surface area contributed by atoms with Crippen molar-refractivity contribution in [1.29, 1.82) is 0 Å². The highest BCUT2D eigenvalue weighted by molar-refractivity contribution is 5.05. The van der Waals surface area contributed by atoms with Gasteiger partial charge in [-0.25, -0.2) is 0 Å². The molecule has 5 aliphatic rings.